The molecule has 1 aliphatic rings. The number of ether oxygens (including phenoxy) is 3. The zero-order chi connectivity index (χ0) is 18.7. The number of aryl methyl sites for hydroxylation is 2. The molecule has 0 radical (unpaired) electrons. The molecule has 3 rings (SSSR count). The number of hydrogen-bond donors (Lipinski definition) is 0. The number of carbonyl (C=O) groups is 2. The molecule has 0 amide bonds. The van der Waals surface area contributed by atoms with Crippen molar-refractivity contribution in [2.45, 2.75) is 33.3 Å². The molecule has 0 saturated carbocycles. The van der Waals surface area contributed by atoms with Gasteiger partial charge in [0.05, 0.1) is 18.8 Å². The minimum absolute atomic E-state index is 0.214. The van der Waals surface area contributed by atoms with Gasteiger partial charge in [0.15, 0.2) is 17.6 Å². The summed E-state index contributed by atoms with van der Waals surface area (Å²) in [6.07, 6.45) is -0.0884. The van der Waals surface area contributed by atoms with Gasteiger partial charge in [0.2, 0.25) is 5.78 Å². The normalized spacial score (nSPS) is 14.3. The molecule has 5 heteroatoms. The molecule has 0 aromatic heterocycles. The van der Waals surface area contributed by atoms with Crippen molar-refractivity contribution in [3.63, 3.8) is 0 Å². The Kier molecular flexibility index (Phi) is 5.26. The molecular formula is C21H22O5. The maximum absolute atomic E-state index is 12.6. The summed E-state index contributed by atoms with van der Waals surface area (Å²) in [6, 6.07) is 10.6. The van der Waals surface area contributed by atoms with Gasteiger partial charge in [0, 0.05) is 12.0 Å². The standard InChI is InChI=1S/C21H22O5/c1-13-5-6-14(2)17(11-13)20(22)15(3)26-21(23)16-7-8-18-19(12-16)25-10-4-9-24-18/h5-8,11-12,15H,4,9-10H2,1-3H3/t15-/m1/s1. The average molecular weight is 354 g/mol. The van der Waals surface area contributed by atoms with E-state index in [1.165, 1.54) is 0 Å². The molecule has 5 nitrogen and oxygen atoms in total. The van der Waals surface area contributed by atoms with Gasteiger partial charge in [-0.25, -0.2) is 4.79 Å². The van der Waals surface area contributed by atoms with Crippen molar-refractivity contribution in [3.8, 4) is 11.5 Å². The van der Waals surface area contributed by atoms with Gasteiger partial charge in [0.25, 0.3) is 0 Å². The van der Waals surface area contributed by atoms with E-state index in [2.05, 4.69) is 0 Å². The first-order valence-electron chi connectivity index (χ1n) is 8.68. The van der Waals surface area contributed by atoms with Crippen LogP contribution in [0.25, 0.3) is 0 Å². The van der Waals surface area contributed by atoms with Crippen molar-refractivity contribution >= 4 is 11.8 Å². The summed E-state index contributed by atoms with van der Waals surface area (Å²) in [6.45, 7) is 6.49. The molecule has 2 aromatic carbocycles. The maximum Gasteiger partial charge on any atom is 0.338 e. The fourth-order valence-electron chi connectivity index (χ4n) is 2.79. The van der Waals surface area contributed by atoms with E-state index in [0.29, 0.717) is 35.8 Å². The molecule has 1 heterocycles. The Labute approximate surface area is 152 Å². The fraction of sp³-hybridized carbons (Fsp3) is 0.333. The Balaban J connectivity index is 1.74. The van der Waals surface area contributed by atoms with Gasteiger partial charge in [-0.2, -0.15) is 0 Å². The summed E-state index contributed by atoms with van der Waals surface area (Å²) in [5.74, 6) is 0.352. The summed E-state index contributed by atoms with van der Waals surface area (Å²) in [5, 5.41) is 0. The predicted octanol–water partition coefficient (Wildman–Crippen LogP) is 3.89. The van der Waals surface area contributed by atoms with Crippen molar-refractivity contribution in [2.75, 3.05) is 13.2 Å². The summed E-state index contributed by atoms with van der Waals surface area (Å²) >= 11 is 0. The molecule has 0 fully saturated rings. The summed E-state index contributed by atoms with van der Waals surface area (Å²) in [7, 11) is 0. The third-order valence-corrected chi connectivity index (χ3v) is 4.29. The van der Waals surface area contributed by atoms with Crippen LogP contribution < -0.4 is 9.47 Å². The average Bonchev–Trinajstić information content (AvgIpc) is 2.87. The second-order valence-corrected chi connectivity index (χ2v) is 6.44. The van der Waals surface area contributed by atoms with E-state index in [4.69, 9.17) is 14.2 Å². The van der Waals surface area contributed by atoms with Crippen LogP contribution in [-0.2, 0) is 4.74 Å². The van der Waals surface area contributed by atoms with Crippen LogP contribution in [0.1, 0.15) is 45.2 Å². The first-order chi connectivity index (χ1) is 12.5. The number of hydrogen-bond acceptors (Lipinski definition) is 5. The number of carbonyl (C=O) groups excluding carboxylic acids is 2. The molecule has 0 N–H and O–H groups in total. The van der Waals surface area contributed by atoms with Gasteiger partial charge in [0.1, 0.15) is 0 Å². The predicted molar refractivity (Wildman–Crippen MR) is 97.2 cm³/mol. The lowest BCUT2D eigenvalue weighted by Gasteiger charge is -2.15. The molecule has 0 saturated heterocycles. The molecule has 0 aliphatic carbocycles. The van der Waals surface area contributed by atoms with Crippen molar-refractivity contribution in [1.82, 2.24) is 0 Å². The molecule has 1 aliphatic heterocycles. The van der Waals surface area contributed by atoms with E-state index in [-0.39, 0.29) is 5.78 Å². The van der Waals surface area contributed by atoms with Gasteiger partial charge in [-0.15, -0.1) is 0 Å². The van der Waals surface area contributed by atoms with Crippen LogP contribution in [0.15, 0.2) is 36.4 Å². The summed E-state index contributed by atoms with van der Waals surface area (Å²) in [4.78, 5) is 25.1. The Hall–Kier alpha value is -2.82. The topological polar surface area (TPSA) is 61.8 Å². The Morgan fingerprint density at radius 2 is 1.73 bits per heavy atom. The number of Topliss-reactive ketones (excluding diaryl/α,β-unsaturated/α-hetero) is 1. The van der Waals surface area contributed by atoms with Crippen LogP contribution in [0.2, 0.25) is 0 Å². The smallest absolute Gasteiger partial charge is 0.338 e. The largest absolute Gasteiger partial charge is 0.490 e. The van der Waals surface area contributed by atoms with Crippen LogP contribution in [0.5, 0.6) is 11.5 Å². The van der Waals surface area contributed by atoms with Crippen LogP contribution in [-0.4, -0.2) is 31.1 Å². The second-order valence-electron chi connectivity index (χ2n) is 6.44. The number of benzene rings is 2. The Morgan fingerprint density at radius 1 is 1.00 bits per heavy atom. The van der Waals surface area contributed by atoms with Crippen LogP contribution in [0.4, 0.5) is 0 Å². The highest BCUT2D eigenvalue weighted by Gasteiger charge is 2.23. The molecule has 26 heavy (non-hydrogen) atoms. The Morgan fingerprint density at radius 3 is 2.50 bits per heavy atom. The number of fused-ring (bicyclic) bond motifs is 1. The quantitative estimate of drug-likeness (QED) is 0.616. The van der Waals surface area contributed by atoms with E-state index in [9.17, 15) is 9.59 Å². The minimum Gasteiger partial charge on any atom is -0.490 e. The molecule has 0 bridgehead atoms. The molecular weight excluding hydrogens is 332 g/mol. The molecule has 1 atom stereocenters. The lowest BCUT2D eigenvalue weighted by atomic mass is 9.99. The lowest BCUT2D eigenvalue weighted by molar-refractivity contribution is 0.0318. The van der Waals surface area contributed by atoms with Gasteiger partial charge < -0.3 is 14.2 Å². The SMILES string of the molecule is Cc1ccc(C)c(C(=O)[C@@H](C)OC(=O)c2ccc3c(c2)OCCCO3)c1. The van der Waals surface area contributed by atoms with E-state index in [1.54, 1.807) is 25.1 Å². The van der Waals surface area contributed by atoms with E-state index < -0.39 is 12.1 Å². The van der Waals surface area contributed by atoms with Crippen molar-refractivity contribution < 1.29 is 23.8 Å². The summed E-state index contributed by atoms with van der Waals surface area (Å²) < 4.78 is 16.5. The van der Waals surface area contributed by atoms with E-state index >= 15 is 0 Å². The van der Waals surface area contributed by atoms with Gasteiger partial charge in [-0.3, -0.25) is 4.79 Å². The lowest BCUT2D eigenvalue weighted by Crippen LogP contribution is -2.25. The van der Waals surface area contributed by atoms with Gasteiger partial charge in [-0.05, 0) is 50.6 Å². The highest BCUT2D eigenvalue weighted by Crippen LogP contribution is 2.30. The summed E-state index contributed by atoms with van der Waals surface area (Å²) in [5.41, 5.74) is 2.75. The fourth-order valence-corrected chi connectivity index (χ4v) is 2.79. The number of esters is 1. The number of rotatable bonds is 4. The Bertz CT molecular complexity index is 840. The zero-order valence-electron chi connectivity index (χ0n) is 15.2. The third-order valence-electron chi connectivity index (χ3n) is 4.29. The first-order valence-corrected chi connectivity index (χ1v) is 8.68. The van der Waals surface area contributed by atoms with E-state index in [0.717, 1.165) is 17.5 Å². The maximum atomic E-state index is 12.6. The molecule has 0 unspecified atom stereocenters. The minimum atomic E-state index is -0.876. The molecule has 2 aromatic rings. The van der Waals surface area contributed by atoms with Crippen LogP contribution >= 0.6 is 0 Å². The third kappa shape index (κ3) is 3.87. The van der Waals surface area contributed by atoms with Crippen molar-refractivity contribution in [3.05, 3.63) is 58.7 Å². The number of ketones is 1. The highest BCUT2D eigenvalue weighted by molar-refractivity contribution is 6.02. The van der Waals surface area contributed by atoms with Crippen molar-refractivity contribution in [1.29, 1.82) is 0 Å². The molecule has 136 valence electrons. The van der Waals surface area contributed by atoms with Crippen LogP contribution in [0.3, 0.4) is 0 Å². The first kappa shape index (κ1) is 18.0. The highest BCUT2D eigenvalue weighted by atomic mass is 16.5. The zero-order valence-corrected chi connectivity index (χ0v) is 15.2. The second kappa shape index (κ2) is 7.60. The van der Waals surface area contributed by atoms with Gasteiger partial charge >= 0.3 is 5.97 Å². The van der Waals surface area contributed by atoms with Crippen molar-refractivity contribution in [2.24, 2.45) is 0 Å². The van der Waals surface area contributed by atoms with E-state index in [1.807, 2.05) is 32.0 Å². The van der Waals surface area contributed by atoms with Gasteiger partial charge in [-0.1, -0.05) is 17.7 Å². The van der Waals surface area contributed by atoms with Crippen LogP contribution in [0, 0.1) is 13.8 Å². The molecule has 0 spiro atoms. The monoisotopic (exact) mass is 354 g/mol.